The largest absolute Gasteiger partial charge is 0.479 e. The van der Waals surface area contributed by atoms with Gasteiger partial charge in [-0.15, -0.1) is 0 Å². The van der Waals surface area contributed by atoms with Crippen molar-refractivity contribution in [3.05, 3.63) is 18.2 Å². The maximum atomic E-state index is 12.0. The van der Waals surface area contributed by atoms with Gasteiger partial charge >= 0.3 is 0 Å². The van der Waals surface area contributed by atoms with Crippen molar-refractivity contribution in [3.63, 3.8) is 0 Å². The van der Waals surface area contributed by atoms with Gasteiger partial charge in [-0.2, -0.15) is 0 Å². The number of ether oxygens (including phenoxy) is 1. The van der Waals surface area contributed by atoms with Gasteiger partial charge in [-0.3, -0.25) is 9.59 Å². The Kier molecular flexibility index (Phi) is 5.84. The lowest BCUT2D eigenvalue weighted by Crippen LogP contribution is -2.38. The van der Waals surface area contributed by atoms with Gasteiger partial charge < -0.3 is 20.7 Å². The van der Waals surface area contributed by atoms with E-state index in [-0.39, 0.29) is 17.9 Å². The normalized spacial score (nSPS) is 17.5. The molecule has 0 spiro atoms. The lowest BCUT2D eigenvalue weighted by Gasteiger charge is -2.24. The molecule has 0 saturated heterocycles. The molecular formula is C17H25N3O3. The fourth-order valence-corrected chi connectivity index (χ4v) is 2.35. The monoisotopic (exact) mass is 319 g/mol. The van der Waals surface area contributed by atoms with Crippen LogP contribution in [0.5, 0.6) is 5.75 Å². The Bertz CT molecular complexity index is 574. The zero-order valence-corrected chi connectivity index (χ0v) is 13.9. The molecule has 2 atom stereocenters. The van der Waals surface area contributed by atoms with Gasteiger partial charge in [0.05, 0.1) is 5.69 Å². The number of carbonyl (C=O) groups excluding carboxylic acids is 2. The van der Waals surface area contributed by atoms with Gasteiger partial charge in [-0.05, 0) is 38.5 Å². The van der Waals surface area contributed by atoms with E-state index in [1.54, 1.807) is 19.1 Å². The van der Waals surface area contributed by atoms with Crippen LogP contribution in [0.15, 0.2) is 18.2 Å². The molecule has 1 aromatic carbocycles. The van der Waals surface area contributed by atoms with E-state index in [9.17, 15) is 9.59 Å². The predicted octanol–water partition coefficient (Wildman–Crippen LogP) is 2.51. The highest BCUT2D eigenvalue weighted by Crippen LogP contribution is 2.32. The Hall–Kier alpha value is -2.24. The summed E-state index contributed by atoms with van der Waals surface area (Å²) in [5.41, 5.74) is 1.38. The minimum Gasteiger partial charge on any atom is -0.479 e. The minimum absolute atomic E-state index is 0.0345. The number of nitrogens with one attached hydrogen (secondary N) is 3. The second-order valence-electron chi connectivity index (χ2n) is 5.82. The van der Waals surface area contributed by atoms with Crippen molar-refractivity contribution in [1.29, 1.82) is 0 Å². The van der Waals surface area contributed by atoms with Gasteiger partial charge in [0, 0.05) is 12.2 Å². The van der Waals surface area contributed by atoms with E-state index in [1.807, 2.05) is 13.0 Å². The first-order chi connectivity index (χ1) is 11.0. The molecule has 0 saturated carbocycles. The number of hydrogen-bond donors (Lipinski definition) is 3. The van der Waals surface area contributed by atoms with Crippen molar-refractivity contribution in [2.75, 3.05) is 17.2 Å². The predicted molar refractivity (Wildman–Crippen MR) is 90.8 cm³/mol. The number of anilines is 2. The molecule has 1 heterocycles. The number of fused-ring (bicyclic) bond motifs is 1. The molecule has 0 unspecified atom stereocenters. The summed E-state index contributed by atoms with van der Waals surface area (Å²) < 4.78 is 5.51. The second kappa shape index (κ2) is 7.85. The van der Waals surface area contributed by atoms with Crippen molar-refractivity contribution < 1.29 is 14.3 Å². The summed E-state index contributed by atoms with van der Waals surface area (Å²) in [5, 5.41) is 8.85. The average molecular weight is 319 g/mol. The first-order valence-electron chi connectivity index (χ1n) is 8.17. The highest BCUT2D eigenvalue weighted by atomic mass is 16.5. The molecular weight excluding hydrogens is 294 g/mol. The van der Waals surface area contributed by atoms with Crippen LogP contribution in [0.2, 0.25) is 0 Å². The third kappa shape index (κ3) is 4.61. The van der Waals surface area contributed by atoms with E-state index in [4.69, 9.17) is 4.74 Å². The molecule has 2 amide bonds. The zero-order valence-electron chi connectivity index (χ0n) is 13.9. The van der Waals surface area contributed by atoms with E-state index in [0.717, 1.165) is 24.9 Å². The van der Waals surface area contributed by atoms with E-state index >= 15 is 0 Å². The molecule has 1 aromatic rings. The van der Waals surface area contributed by atoms with Gasteiger partial charge in [0.25, 0.3) is 5.91 Å². The number of benzene rings is 1. The SMILES string of the molecule is CCCCCNC(=O)[C@@H](C)Nc1ccc2c(c1)NC(=O)[C@@H](C)O2. The lowest BCUT2D eigenvalue weighted by atomic mass is 10.2. The Morgan fingerprint density at radius 2 is 2.17 bits per heavy atom. The Balaban J connectivity index is 1.91. The molecule has 6 heteroatoms. The van der Waals surface area contributed by atoms with E-state index < -0.39 is 6.10 Å². The number of hydrogen-bond acceptors (Lipinski definition) is 4. The first-order valence-corrected chi connectivity index (χ1v) is 8.17. The van der Waals surface area contributed by atoms with Crippen molar-refractivity contribution in [2.24, 2.45) is 0 Å². The highest BCUT2D eigenvalue weighted by molar-refractivity contribution is 5.98. The van der Waals surface area contributed by atoms with Crippen LogP contribution in [0.25, 0.3) is 0 Å². The van der Waals surface area contributed by atoms with Gasteiger partial charge in [-0.1, -0.05) is 19.8 Å². The molecule has 2 rings (SSSR count). The summed E-state index contributed by atoms with van der Waals surface area (Å²) >= 11 is 0. The maximum Gasteiger partial charge on any atom is 0.265 e. The number of rotatable bonds is 7. The van der Waals surface area contributed by atoms with Crippen LogP contribution in [-0.2, 0) is 9.59 Å². The van der Waals surface area contributed by atoms with Gasteiger partial charge in [0.1, 0.15) is 11.8 Å². The summed E-state index contributed by atoms with van der Waals surface area (Å²) in [7, 11) is 0. The maximum absolute atomic E-state index is 12.0. The van der Waals surface area contributed by atoms with Gasteiger partial charge in [0.2, 0.25) is 5.91 Å². The molecule has 6 nitrogen and oxygen atoms in total. The van der Waals surface area contributed by atoms with Crippen molar-refractivity contribution >= 4 is 23.2 Å². The Labute approximate surface area is 137 Å². The second-order valence-corrected chi connectivity index (χ2v) is 5.82. The number of unbranched alkanes of at least 4 members (excludes halogenated alkanes) is 2. The quantitative estimate of drug-likeness (QED) is 0.675. The van der Waals surface area contributed by atoms with Crippen molar-refractivity contribution in [2.45, 2.75) is 52.2 Å². The summed E-state index contributed by atoms with van der Waals surface area (Å²) in [6.07, 6.45) is 2.75. The third-order valence-electron chi connectivity index (χ3n) is 3.77. The zero-order chi connectivity index (χ0) is 16.8. The fourth-order valence-electron chi connectivity index (χ4n) is 2.35. The standard InChI is InChI=1S/C17H25N3O3/c1-4-5-6-9-18-16(21)11(2)19-13-7-8-15-14(10-13)20-17(22)12(3)23-15/h7-8,10-12,19H,4-6,9H2,1-3H3,(H,18,21)(H,20,22)/t11-,12-/m1/s1. The molecule has 0 aliphatic carbocycles. The summed E-state index contributed by atoms with van der Waals surface area (Å²) in [5.74, 6) is 0.434. The average Bonchev–Trinajstić information content (AvgIpc) is 2.52. The van der Waals surface area contributed by atoms with E-state index in [1.165, 1.54) is 0 Å². The van der Waals surface area contributed by atoms with E-state index in [0.29, 0.717) is 18.0 Å². The lowest BCUT2D eigenvalue weighted by molar-refractivity contribution is -0.123. The third-order valence-corrected chi connectivity index (χ3v) is 3.77. The molecule has 126 valence electrons. The number of carbonyl (C=O) groups is 2. The smallest absolute Gasteiger partial charge is 0.265 e. The van der Waals surface area contributed by atoms with Crippen LogP contribution in [0, 0.1) is 0 Å². The van der Waals surface area contributed by atoms with Crippen LogP contribution < -0.4 is 20.7 Å². The van der Waals surface area contributed by atoms with E-state index in [2.05, 4.69) is 22.9 Å². The van der Waals surface area contributed by atoms with Crippen molar-refractivity contribution in [3.8, 4) is 5.75 Å². The number of amides is 2. The van der Waals surface area contributed by atoms with Crippen LogP contribution in [0.3, 0.4) is 0 Å². The molecule has 23 heavy (non-hydrogen) atoms. The van der Waals surface area contributed by atoms with Crippen molar-refractivity contribution in [1.82, 2.24) is 5.32 Å². The first kappa shape index (κ1) is 17.1. The summed E-state index contributed by atoms with van der Waals surface area (Å²) in [6.45, 7) is 6.34. The molecule has 1 aliphatic heterocycles. The van der Waals surface area contributed by atoms with Crippen LogP contribution in [-0.4, -0.2) is 30.5 Å². The highest BCUT2D eigenvalue weighted by Gasteiger charge is 2.23. The molecule has 3 N–H and O–H groups in total. The van der Waals surface area contributed by atoms with Crippen LogP contribution in [0.4, 0.5) is 11.4 Å². The Morgan fingerprint density at radius 1 is 1.39 bits per heavy atom. The Morgan fingerprint density at radius 3 is 2.91 bits per heavy atom. The molecule has 0 aromatic heterocycles. The molecule has 0 fully saturated rings. The van der Waals surface area contributed by atoms with Crippen LogP contribution in [0.1, 0.15) is 40.0 Å². The fraction of sp³-hybridized carbons (Fsp3) is 0.529. The minimum atomic E-state index is -0.492. The topological polar surface area (TPSA) is 79.5 Å². The van der Waals surface area contributed by atoms with Gasteiger partial charge in [-0.25, -0.2) is 0 Å². The molecule has 0 bridgehead atoms. The van der Waals surface area contributed by atoms with Gasteiger partial charge in [0.15, 0.2) is 6.10 Å². The summed E-state index contributed by atoms with van der Waals surface area (Å²) in [6, 6.07) is 5.05. The molecule has 1 aliphatic rings. The summed E-state index contributed by atoms with van der Waals surface area (Å²) in [4.78, 5) is 23.7. The molecule has 0 radical (unpaired) electrons. The van der Waals surface area contributed by atoms with Crippen LogP contribution >= 0.6 is 0 Å².